The maximum atomic E-state index is 12.0. The van der Waals surface area contributed by atoms with Crippen molar-refractivity contribution in [2.75, 3.05) is 17.7 Å². The number of hydrogen-bond donors (Lipinski definition) is 2. The van der Waals surface area contributed by atoms with Gasteiger partial charge in [0.2, 0.25) is 11.8 Å². The second kappa shape index (κ2) is 7.96. The predicted molar refractivity (Wildman–Crippen MR) is 91.2 cm³/mol. The van der Waals surface area contributed by atoms with Crippen molar-refractivity contribution in [2.45, 2.75) is 19.9 Å². The molecule has 126 valence electrons. The lowest BCUT2D eigenvalue weighted by atomic mass is 10.2. The highest BCUT2D eigenvalue weighted by Crippen LogP contribution is 2.27. The minimum absolute atomic E-state index is 0.150. The van der Waals surface area contributed by atoms with Crippen LogP contribution in [0.15, 0.2) is 47.4 Å². The average Bonchev–Trinajstić information content (AvgIpc) is 2.54. The number of rotatable bonds is 6. The first kappa shape index (κ1) is 17.3. The van der Waals surface area contributed by atoms with E-state index in [1.165, 1.54) is 24.7 Å². The summed E-state index contributed by atoms with van der Waals surface area (Å²) in [7, 11) is 1.50. The fourth-order valence-corrected chi connectivity index (χ4v) is 2.16. The molecule has 0 saturated heterocycles. The van der Waals surface area contributed by atoms with E-state index in [1.54, 1.807) is 36.5 Å². The number of amides is 2. The van der Waals surface area contributed by atoms with E-state index in [9.17, 15) is 14.4 Å². The van der Waals surface area contributed by atoms with Gasteiger partial charge in [-0.2, -0.15) is 0 Å². The SMILES string of the molecule is COc1ccc(NC(=O)CCn2ccccc2=O)cc1NC(C)=O. The average molecular weight is 329 g/mol. The number of nitrogens with one attached hydrogen (secondary N) is 2. The van der Waals surface area contributed by atoms with Crippen LogP contribution in [-0.4, -0.2) is 23.5 Å². The Labute approximate surface area is 139 Å². The van der Waals surface area contributed by atoms with Crippen LogP contribution in [0.25, 0.3) is 0 Å². The molecular weight excluding hydrogens is 310 g/mol. The van der Waals surface area contributed by atoms with E-state index in [0.717, 1.165) is 0 Å². The molecule has 1 aromatic carbocycles. The van der Waals surface area contributed by atoms with E-state index in [1.807, 2.05) is 0 Å². The normalized spacial score (nSPS) is 10.1. The second-order valence-electron chi connectivity index (χ2n) is 5.13. The van der Waals surface area contributed by atoms with Crippen molar-refractivity contribution in [1.82, 2.24) is 4.57 Å². The quantitative estimate of drug-likeness (QED) is 0.846. The summed E-state index contributed by atoms with van der Waals surface area (Å²) in [4.78, 5) is 34.8. The molecule has 0 unspecified atom stereocenters. The van der Waals surface area contributed by atoms with Crippen LogP contribution in [0.4, 0.5) is 11.4 Å². The molecular formula is C17H19N3O4. The summed E-state index contributed by atoms with van der Waals surface area (Å²) >= 11 is 0. The van der Waals surface area contributed by atoms with Gasteiger partial charge in [0.05, 0.1) is 12.8 Å². The fourth-order valence-electron chi connectivity index (χ4n) is 2.16. The van der Waals surface area contributed by atoms with Gasteiger partial charge in [-0.15, -0.1) is 0 Å². The number of benzene rings is 1. The van der Waals surface area contributed by atoms with E-state index in [4.69, 9.17) is 4.74 Å². The minimum atomic E-state index is -0.236. The molecule has 2 rings (SSSR count). The van der Waals surface area contributed by atoms with Crippen molar-refractivity contribution in [2.24, 2.45) is 0 Å². The van der Waals surface area contributed by atoms with Gasteiger partial charge < -0.3 is 19.9 Å². The van der Waals surface area contributed by atoms with Gasteiger partial charge in [-0.25, -0.2) is 0 Å². The summed E-state index contributed by atoms with van der Waals surface area (Å²) in [6, 6.07) is 9.79. The lowest BCUT2D eigenvalue weighted by molar-refractivity contribution is -0.116. The van der Waals surface area contributed by atoms with E-state index in [2.05, 4.69) is 10.6 Å². The van der Waals surface area contributed by atoms with E-state index >= 15 is 0 Å². The predicted octanol–water partition coefficient (Wildman–Crippen LogP) is 1.84. The third kappa shape index (κ3) is 4.70. The second-order valence-corrected chi connectivity index (χ2v) is 5.13. The number of aryl methyl sites for hydroxylation is 1. The summed E-state index contributed by atoms with van der Waals surface area (Å²) in [5, 5.41) is 5.38. The number of methoxy groups -OCH3 is 1. The Bertz CT molecular complexity index is 798. The highest BCUT2D eigenvalue weighted by molar-refractivity contribution is 5.94. The maximum Gasteiger partial charge on any atom is 0.250 e. The number of anilines is 2. The summed E-state index contributed by atoms with van der Waals surface area (Å²) in [5.74, 6) is 0.0314. The van der Waals surface area contributed by atoms with Gasteiger partial charge in [0.15, 0.2) is 0 Å². The molecule has 0 aliphatic carbocycles. The van der Waals surface area contributed by atoms with Gasteiger partial charge >= 0.3 is 0 Å². The topological polar surface area (TPSA) is 89.4 Å². The number of hydrogen-bond acceptors (Lipinski definition) is 4. The molecule has 0 fully saturated rings. The molecule has 2 N–H and O–H groups in total. The Morgan fingerprint density at radius 3 is 2.62 bits per heavy atom. The number of aromatic nitrogens is 1. The Morgan fingerprint density at radius 2 is 1.96 bits per heavy atom. The van der Waals surface area contributed by atoms with Crippen LogP contribution < -0.4 is 20.9 Å². The third-order valence-electron chi connectivity index (χ3n) is 3.27. The Kier molecular flexibility index (Phi) is 5.73. The zero-order valence-corrected chi connectivity index (χ0v) is 13.5. The summed E-state index contributed by atoms with van der Waals surface area (Å²) in [6.07, 6.45) is 1.79. The van der Waals surface area contributed by atoms with Crippen molar-refractivity contribution < 1.29 is 14.3 Å². The number of ether oxygens (including phenoxy) is 1. The molecule has 1 aromatic heterocycles. The number of carbonyl (C=O) groups excluding carboxylic acids is 2. The molecule has 0 saturated carbocycles. The maximum absolute atomic E-state index is 12.0. The van der Waals surface area contributed by atoms with Gasteiger partial charge in [0, 0.05) is 37.8 Å². The van der Waals surface area contributed by atoms with E-state index in [0.29, 0.717) is 23.7 Å². The summed E-state index contributed by atoms with van der Waals surface area (Å²) in [6.45, 7) is 1.68. The molecule has 0 aliphatic heterocycles. The van der Waals surface area contributed by atoms with Crippen LogP contribution in [0.1, 0.15) is 13.3 Å². The summed E-state index contributed by atoms with van der Waals surface area (Å²) < 4.78 is 6.63. The molecule has 24 heavy (non-hydrogen) atoms. The lowest BCUT2D eigenvalue weighted by Gasteiger charge is -2.12. The molecule has 0 spiro atoms. The largest absolute Gasteiger partial charge is 0.495 e. The molecule has 0 bridgehead atoms. The van der Waals surface area contributed by atoms with Crippen molar-refractivity contribution in [1.29, 1.82) is 0 Å². The highest BCUT2D eigenvalue weighted by atomic mass is 16.5. The number of carbonyl (C=O) groups is 2. The van der Waals surface area contributed by atoms with Crippen LogP contribution in [0.3, 0.4) is 0 Å². The Balaban J connectivity index is 2.02. The smallest absolute Gasteiger partial charge is 0.250 e. The van der Waals surface area contributed by atoms with Crippen molar-refractivity contribution in [3.8, 4) is 5.75 Å². The first-order valence-corrected chi connectivity index (χ1v) is 7.40. The van der Waals surface area contributed by atoms with Crippen LogP contribution >= 0.6 is 0 Å². The van der Waals surface area contributed by atoms with Gasteiger partial charge in [-0.3, -0.25) is 14.4 Å². The molecule has 2 aromatic rings. The molecule has 0 atom stereocenters. The monoisotopic (exact) mass is 329 g/mol. The summed E-state index contributed by atoms with van der Waals surface area (Å²) in [5.41, 5.74) is 0.856. The van der Waals surface area contributed by atoms with Gasteiger partial charge in [-0.1, -0.05) is 6.07 Å². The van der Waals surface area contributed by atoms with Gasteiger partial charge in [-0.05, 0) is 24.3 Å². The number of nitrogens with zero attached hydrogens (tertiary/aromatic N) is 1. The van der Waals surface area contributed by atoms with Gasteiger partial charge in [0.25, 0.3) is 5.56 Å². The van der Waals surface area contributed by atoms with Gasteiger partial charge in [0.1, 0.15) is 5.75 Å². The van der Waals surface area contributed by atoms with Crippen LogP contribution in [-0.2, 0) is 16.1 Å². The lowest BCUT2D eigenvalue weighted by Crippen LogP contribution is -2.21. The fraction of sp³-hybridized carbons (Fsp3) is 0.235. The molecule has 7 nitrogen and oxygen atoms in total. The molecule has 7 heteroatoms. The van der Waals surface area contributed by atoms with E-state index < -0.39 is 0 Å². The third-order valence-corrected chi connectivity index (χ3v) is 3.27. The van der Waals surface area contributed by atoms with Crippen molar-refractivity contribution in [3.63, 3.8) is 0 Å². The molecule has 1 heterocycles. The Hall–Kier alpha value is -3.09. The first-order valence-electron chi connectivity index (χ1n) is 7.40. The molecule has 0 radical (unpaired) electrons. The zero-order chi connectivity index (χ0) is 17.5. The molecule has 2 amide bonds. The van der Waals surface area contributed by atoms with E-state index in [-0.39, 0.29) is 23.8 Å². The zero-order valence-electron chi connectivity index (χ0n) is 13.5. The van der Waals surface area contributed by atoms with Crippen LogP contribution in [0.2, 0.25) is 0 Å². The number of pyridine rings is 1. The first-order chi connectivity index (χ1) is 11.5. The van der Waals surface area contributed by atoms with Crippen molar-refractivity contribution in [3.05, 3.63) is 52.9 Å². The Morgan fingerprint density at radius 1 is 1.17 bits per heavy atom. The van der Waals surface area contributed by atoms with Crippen LogP contribution in [0, 0.1) is 0 Å². The highest BCUT2D eigenvalue weighted by Gasteiger charge is 2.08. The standard InChI is InChI=1S/C17H19N3O4/c1-12(21)18-14-11-13(6-7-15(14)24-2)19-16(22)8-10-20-9-4-3-5-17(20)23/h3-7,9,11H,8,10H2,1-2H3,(H,18,21)(H,19,22). The minimum Gasteiger partial charge on any atom is -0.495 e. The van der Waals surface area contributed by atoms with Crippen molar-refractivity contribution >= 4 is 23.2 Å². The molecule has 0 aliphatic rings. The van der Waals surface area contributed by atoms with Crippen LogP contribution in [0.5, 0.6) is 5.75 Å².